The van der Waals surface area contributed by atoms with Crippen LogP contribution in [0.3, 0.4) is 0 Å². The molecule has 2 aliphatic heterocycles. The van der Waals surface area contributed by atoms with E-state index in [1.165, 1.54) is 11.3 Å². The van der Waals surface area contributed by atoms with E-state index in [9.17, 15) is 4.39 Å². The second-order valence-corrected chi connectivity index (χ2v) is 8.97. The number of aliphatic imine (C=N–C) groups is 1. The van der Waals surface area contributed by atoms with E-state index in [1.807, 2.05) is 18.2 Å². The van der Waals surface area contributed by atoms with Gasteiger partial charge in [-0.15, -0.1) is 0 Å². The van der Waals surface area contributed by atoms with Crippen LogP contribution in [0.5, 0.6) is 0 Å². The minimum absolute atomic E-state index is 0.0332. The average molecular weight is 410 g/mol. The molecule has 1 saturated heterocycles. The number of hydrogen-bond donors (Lipinski definition) is 0. The molecule has 1 unspecified atom stereocenters. The van der Waals surface area contributed by atoms with Crippen molar-refractivity contribution >= 4 is 23.3 Å². The van der Waals surface area contributed by atoms with Gasteiger partial charge < -0.3 is 14.5 Å². The molecule has 1 fully saturated rings. The van der Waals surface area contributed by atoms with Crippen molar-refractivity contribution in [1.82, 2.24) is 0 Å². The molecule has 0 aromatic heterocycles. The van der Waals surface area contributed by atoms with Crippen molar-refractivity contribution < 1.29 is 9.13 Å². The molecule has 2 aromatic rings. The predicted octanol–water partition coefficient (Wildman–Crippen LogP) is 5.53. The topological polar surface area (TPSA) is 28.1 Å². The van der Waals surface area contributed by atoms with E-state index in [2.05, 4.69) is 54.6 Å². The van der Waals surface area contributed by atoms with E-state index in [4.69, 9.17) is 4.74 Å². The van der Waals surface area contributed by atoms with Crippen LogP contribution in [0, 0.1) is 5.82 Å². The highest BCUT2D eigenvalue weighted by atomic mass is 19.1. The standard InChI is InChI=1S/C25H32FN3O/c1-5-29-24-15-23(26)19(14-22(24)18(2)16-25(29,3)4)17-27-20-6-8-21(9-7-20)28-10-12-30-13-11-28/h6-9,14-15,17-18H,5,10-13,16H2,1-4H3. The fourth-order valence-electron chi connectivity index (χ4n) is 4.93. The molecule has 0 N–H and O–H groups in total. The van der Waals surface area contributed by atoms with Crippen LogP contribution in [-0.4, -0.2) is 44.6 Å². The van der Waals surface area contributed by atoms with Gasteiger partial charge in [0.1, 0.15) is 5.82 Å². The van der Waals surface area contributed by atoms with Crippen molar-refractivity contribution in [2.75, 3.05) is 42.6 Å². The van der Waals surface area contributed by atoms with Gasteiger partial charge in [0, 0.05) is 48.3 Å². The number of nitrogens with zero attached hydrogens (tertiary/aromatic N) is 3. The van der Waals surface area contributed by atoms with Crippen molar-refractivity contribution in [2.24, 2.45) is 4.99 Å². The summed E-state index contributed by atoms with van der Waals surface area (Å²) in [5, 5.41) is 0. The smallest absolute Gasteiger partial charge is 0.134 e. The second-order valence-electron chi connectivity index (χ2n) is 8.97. The summed E-state index contributed by atoms with van der Waals surface area (Å²) in [6, 6.07) is 11.8. The van der Waals surface area contributed by atoms with Crippen molar-refractivity contribution in [3.8, 4) is 0 Å². The largest absolute Gasteiger partial charge is 0.378 e. The molecule has 2 aliphatic rings. The van der Waals surface area contributed by atoms with Crippen LogP contribution in [0.1, 0.15) is 51.2 Å². The van der Waals surface area contributed by atoms with Crippen LogP contribution in [0.25, 0.3) is 0 Å². The molecule has 1 atom stereocenters. The minimum atomic E-state index is -0.217. The second kappa shape index (κ2) is 8.38. The summed E-state index contributed by atoms with van der Waals surface area (Å²) in [5.41, 5.74) is 4.81. The van der Waals surface area contributed by atoms with E-state index in [1.54, 1.807) is 12.3 Å². The molecule has 2 aromatic carbocycles. The van der Waals surface area contributed by atoms with E-state index in [0.29, 0.717) is 11.5 Å². The number of hydrogen-bond acceptors (Lipinski definition) is 4. The Hall–Kier alpha value is -2.40. The zero-order valence-electron chi connectivity index (χ0n) is 18.5. The van der Waals surface area contributed by atoms with Gasteiger partial charge in [-0.25, -0.2) is 4.39 Å². The zero-order valence-corrected chi connectivity index (χ0v) is 18.5. The van der Waals surface area contributed by atoms with Crippen LogP contribution in [-0.2, 0) is 4.74 Å². The summed E-state index contributed by atoms with van der Waals surface area (Å²) in [6.07, 6.45) is 2.71. The van der Waals surface area contributed by atoms with Gasteiger partial charge in [-0.2, -0.15) is 0 Å². The predicted molar refractivity (Wildman–Crippen MR) is 123 cm³/mol. The van der Waals surface area contributed by atoms with Gasteiger partial charge >= 0.3 is 0 Å². The quantitative estimate of drug-likeness (QED) is 0.622. The van der Waals surface area contributed by atoms with Crippen molar-refractivity contribution in [2.45, 2.75) is 45.6 Å². The Morgan fingerprint density at radius 1 is 1.17 bits per heavy atom. The van der Waals surface area contributed by atoms with Gasteiger partial charge in [0.2, 0.25) is 0 Å². The lowest BCUT2D eigenvalue weighted by atomic mass is 9.79. The molecule has 5 heteroatoms. The molecule has 0 spiro atoms. The fourth-order valence-corrected chi connectivity index (χ4v) is 4.93. The lowest BCUT2D eigenvalue weighted by Gasteiger charge is -2.47. The molecule has 2 heterocycles. The summed E-state index contributed by atoms with van der Waals surface area (Å²) < 4.78 is 20.4. The molecule has 0 bridgehead atoms. The molecule has 160 valence electrons. The first-order valence-corrected chi connectivity index (χ1v) is 11.0. The van der Waals surface area contributed by atoms with Gasteiger partial charge in [0.15, 0.2) is 0 Å². The maximum Gasteiger partial charge on any atom is 0.134 e. The number of rotatable bonds is 4. The lowest BCUT2D eigenvalue weighted by molar-refractivity contribution is 0.122. The van der Waals surface area contributed by atoms with Crippen molar-refractivity contribution in [3.05, 3.63) is 53.3 Å². The SMILES string of the molecule is CCN1c2cc(F)c(C=Nc3ccc(N4CCOCC4)cc3)cc2C(C)CC1(C)C. The molecule has 0 saturated carbocycles. The molecular weight excluding hydrogens is 377 g/mol. The third kappa shape index (κ3) is 4.08. The number of benzene rings is 2. The Kier molecular flexibility index (Phi) is 5.83. The number of anilines is 2. The van der Waals surface area contributed by atoms with Gasteiger partial charge in [-0.3, -0.25) is 4.99 Å². The molecule has 0 radical (unpaired) electrons. The Labute approximate surface area is 179 Å². The van der Waals surface area contributed by atoms with Gasteiger partial charge in [0.05, 0.1) is 18.9 Å². The van der Waals surface area contributed by atoms with Crippen molar-refractivity contribution in [1.29, 1.82) is 0 Å². The Morgan fingerprint density at radius 3 is 2.53 bits per heavy atom. The van der Waals surface area contributed by atoms with Crippen LogP contribution < -0.4 is 9.80 Å². The highest BCUT2D eigenvalue weighted by molar-refractivity contribution is 5.84. The van der Waals surface area contributed by atoms with E-state index in [-0.39, 0.29) is 11.4 Å². The third-order valence-corrected chi connectivity index (χ3v) is 6.40. The van der Waals surface area contributed by atoms with E-state index in [0.717, 1.165) is 50.6 Å². The normalized spacial score (nSPS) is 21.2. The number of ether oxygens (including phenoxy) is 1. The average Bonchev–Trinajstić information content (AvgIpc) is 2.73. The zero-order chi connectivity index (χ0) is 21.3. The van der Waals surface area contributed by atoms with Crippen LogP contribution in [0.15, 0.2) is 41.4 Å². The first-order valence-electron chi connectivity index (χ1n) is 11.0. The Morgan fingerprint density at radius 2 is 1.87 bits per heavy atom. The summed E-state index contributed by atoms with van der Waals surface area (Å²) in [7, 11) is 0. The highest BCUT2D eigenvalue weighted by Gasteiger charge is 2.36. The monoisotopic (exact) mass is 409 g/mol. The summed E-state index contributed by atoms with van der Waals surface area (Å²) in [6.45, 7) is 13.1. The molecule has 0 amide bonds. The molecule has 30 heavy (non-hydrogen) atoms. The van der Waals surface area contributed by atoms with E-state index < -0.39 is 0 Å². The number of halogens is 1. The Bertz CT molecular complexity index is 917. The molecular formula is C25H32FN3O. The molecule has 4 nitrogen and oxygen atoms in total. The van der Waals surface area contributed by atoms with Crippen LogP contribution in [0.4, 0.5) is 21.5 Å². The molecule has 0 aliphatic carbocycles. The van der Waals surface area contributed by atoms with E-state index >= 15 is 0 Å². The number of morpholine rings is 1. The first-order chi connectivity index (χ1) is 14.4. The molecule has 4 rings (SSSR count). The van der Waals surface area contributed by atoms with Gasteiger partial charge in [-0.05, 0) is 75.1 Å². The number of fused-ring (bicyclic) bond motifs is 1. The highest BCUT2D eigenvalue weighted by Crippen LogP contribution is 2.43. The fraction of sp³-hybridized carbons (Fsp3) is 0.480. The first kappa shape index (κ1) is 20.9. The van der Waals surface area contributed by atoms with Gasteiger partial charge in [-0.1, -0.05) is 6.92 Å². The van der Waals surface area contributed by atoms with Crippen LogP contribution >= 0.6 is 0 Å². The Balaban J connectivity index is 1.56. The summed E-state index contributed by atoms with van der Waals surface area (Å²) >= 11 is 0. The minimum Gasteiger partial charge on any atom is -0.378 e. The third-order valence-electron chi connectivity index (χ3n) is 6.40. The van der Waals surface area contributed by atoms with Gasteiger partial charge in [0.25, 0.3) is 0 Å². The maximum absolute atomic E-state index is 14.9. The lowest BCUT2D eigenvalue weighted by Crippen LogP contribution is -2.48. The summed E-state index contributed by atoms with van der Waals surface area (Å²) in [4.78, 5) is 9.17. The maximum atomic E-state index is 14.9. The summed E-state index contributed by atoms with van der Waals surface area (Å²) in [5.74, 6) is 0.171. The van der Waals surface area contributed by atoms with Crippen molar-refractivity contribution in [3.63, 3.8) is 0 Å². The van der Waals surface area contributed by atoms with Crippen LogP contribution in [0.2, 0.25) is 0 Å².